The van der Waals surface area contributed by atoms with Gasteiger partial charge in [-0.05, 0) is 57.6 Å². The Hall–Kier alpha value is -3.50. The summed E-state index contributed by atoms with van der Waals surface area (Å²) in [7, 11) is 2.01. The minimum absolute atomic E-state index is 0.0541. The number of para-hydroxylation sites is 1. The summed E-state index contributed by atoms with van der Waals surface area (Å²) in [6, 6.07) is 10.3. The Morgan fingerprint density at radius 1 is 1.18 bits per heavy atom. The zero-order valence-electron chi connectivity index (χ0n) is 22.7. The van der Waals surface area contributed by atoms with Crippen molar-refractivity contribution in [1.29, 1.82) is 0 Å². The number of urea groups is 1. The second kappa shape index (κ2) is 11.9. The monoisotopic (exact) mass is 526 g/mol. The number of carbonyl (C=O) groups is 2. The second-order valence-corrected chi connectivity index (χ2v) is 10.4. The van der Waals surface area contributed by atoms with Crippen molar-refractivity contribution in [3.8, 4) is 17.2 Å². The van der Waals surface area contributed by atoms with Crippen molar-refractivity contribution in [1.82, 2.24) is 15.1 Å². The van der Waals surface area contributed by atoms with Crippen molar-refractivity contribution in [2.24, 2.45) is 5.92 Å². The Kier molecular flexibility index (Phi) is 8.63. The molecule has 3 atom stereocenters. The average molecular weight is 527 g/mol. The highest BCUT2D eigenvalue weighted by Crippen LogP contribution is 2.36. The number of nitrogens with one attached hydrogen (secondary N) is 2. The number of amides is 3. The second-order valence-electron chi connectivity index (χ2n) is 10.4. The number of benzene rings is 2. The Labute approximate surface area is 223 Å². The number of likely N-dealkylation sites (N-methyl/N-ethyl adjacent to an activating group) is 1. The maximum Gasteiger partial charge on any atom is 0.319 e. The fraction of sp³-hybridized carbons (Fsp3) is 0.500. The molecule has 38 heavy (non-hydrogen) atoms. The van der Waals surface area contributed by atoms with Crippen LogP contribution in [0.3, 0.4) is 0 Å². The van der Waals surface area contributed by atoms with E-state index in [4.69, 9.17) is 14.2 Å². The van der Waals surface area contributed by atoms with Gasteiger partial charge in [0.15, 0.2) is 17.2 Å². The van der Waals surface area contributed by atoms with Crippen LogP contribution in [-0.4, -0.2) is 78.6 Å². The number of hydrogen-bond donors (Lipinski definition) is 3. The zero-order valence-corrected chi connectivity index (χ0v) is 22.7. The van der Waals surface area contributed by atoms with Gasteiger partial charge in [-0.1, -0.05) is 19.1 Å². The molecule has 2 heterocycles. The van der Waals surface area contributed by atoms with Crippen molar-refractivity contribution in [3.05, 3.63) is 47.5 Å². The third kappa shape index (κ3) is 6.31. The molecule has 10 nitrogen and oxygen atoms in total. The molecular formula is C28H38N4O6. The van der Waals surface area contributed by atoms with Gasteiger partial charge >= 0.3 is 6.03 Å². The van der Waals surface area contributed by atoms with Crippen LogP contribution in [0.5, 0.6) is 17.2 Å². The van der Waals surface area contributed by atoms with E-state index in [-0.39, 0.29) is 49.4 Å². The van der Waals surface area contributed by atoms with Crippen LogP contribution in [0.25, 0.3) is 0 Å². The molecule has 10 heteroatoms. The molecule has 0 unspecified atom stereocenters. The number of rotatable bonds is 8. The molecule has 2 aromatic rings. The van der Waals surface area contributed by atoms with Gasteiger partial charge in [-0.3, -0.25) is 9.69 Å². The van der Waals surface area contributed by atoms with Crippen molar-refractivity contribution in [2.75, 3.05) is 38.9 Å². The van der Waals surface area contributed by atoms with Crippen LogP contribution in [0.2, 0.25) is 0 Å². The topological polar surface area (TPSA) is 113 Å². The number of anilines is 1. The first kappa shape index (κ1) is 27.5. The van der Waals surface area contributed by atoms with Gasteiger partial charge in [-0.15, -0.1) is 0 Å². The van der Waals surface area contributed by atoms with Gasteiger partial charge in [0.05, 0.1) is 23.9 Å². The first-order chi connectivity index (χ1) is 18.2. The molecule has 0 aromatic heterocycles. The minimum atomic E-state index is -0.378. The molecule has 0 saturated heterocycles. The van der Waals surface area contributed by atoms with Crippen LogP contribution < -0.4 is 24.8 Å². The van der Waals surface area contributed by atoms with Crippen molar-refractivity contribution < 1.29 is 28.9 Å². The van der Waals surface area contributed by atoms with E-state index >= 15 is 0 Å². The van der Waals surface area contributed by atoms with Crippen molar-refractivity contribution in [3.63, 3.8) is 0 Å². The number of fused-ring (bicyclic) bond motifs is 2. The van der Waals surface area contributed by atoms with E-state index in [0.717, 1.165) is 17.1 Å². The van der Waals surface area contributed by atoms with Crippen molar-refractivity contribution >= 4 is 17.6 Å². The smallest absolute Gasteiger partial charge is 0.319 e. The van der Waals surface area contributed by atoms with Gasteiger partial charge < -0.3 is 34.9 Å². The van der Waals surface area contributed by atoms with Gasteiger partial charge in [0.2, 0.25) is 6.79 Å². The predicted molar refractivity (Wildman–Crippen MR) is 144 cm³/mol. The van der Waals surface area contributed by atoms with Crippen LogP contribution in [0.4, 0.5) is 10.5 Å². The molecule has 0 aliphatic carbocycles. The molecule has 2 aromatic carbocycles. The third-order valence-corrected chi connectivity index (χ3v) is 6.74. The van der Waals surface area contributed by atoms with Crippen LogP contribution in [0.15, 0.2) is 36.4 Å². The first-order valence-corrected chi connectivity index (χ1v) is 13.0. The van der Waals surface area contributed by atoms with Gasteiger partial charge in [0, 0.05) is 31.6 Å². The van der Waals surface area contributed by atoms with Gasteiger partial charge in [0.1, 0.15) is 6.10 Å². The fourth-order valence-electron chi connectivity index (χ4n) is 4.70. The first-order valence-electron chi connectivity index (χ1n) is 13.0. The molecule has 3 amide bonds. The highest BCUT2D eigenvalue weighted by Gasteiger charge is 2.34. The molecule has 0 radical (unpaired) electrons. The SMILES string of the molecule is CC(C)NC(=O)Nc1cccc2c1O[C@@H](CN(C)Cc1ccc3c(c1)OCO3)[C@@H](C)CN([C@@H](C)CO)C2=O. The van der Waals surface area contributed by atoms with E-state index in [1.807, 2.05) is 52.9 Å². The van der Waals surface area contributed by atoms with Gasteiger partial charge in [-0.25, -0.2) is 4.79 Å². The van der Waals surface area contributed by atoms with E-state index in [0.29, 0.717) is 36.6 Å². The summed E-state index contributed by atoms with van der Waals surface area (Å²) in [5.74, 6) is 1.52. The number of aliphatic hydroxyl groups excluding tert-OH is 1. The standard InChI is InChI=1S/C28H38N4O6/c1-17(2)29-28(35)30-22-8-6-7-21-26(22)38-25(18(3)12-32(27(21)34)19(4)15-33)14-31(5)13-20-9-10-23-24(11-20)37-16-36-23/h6-11,17-19,25,33H,12-16H2,1-5H3,(H2,29,30,35)/t18-,19-,25-/m0/s1. The molecule has 0 spiro atoms. The number of ether oxygens (including phenoxy) is 3. The highest BCUT2D eigenvalue weighted by atomic mass is 16.7. The van der Waals surface area contributed by atoms with Crippen molar-refractivity contribution in [2.45, 2.75) is 52.4 Å². The van der Waals surface area contributed by atoms with Gasteiger partial charge in [0.25, 0.3) is 5.91 Å². The molecule has 2 aliphatic rings. The van der Waals surface area contributed by atoms with E-state index in [1.54, 1.807) is 23.1 Å². The average Bonchev–Trinajstić information content (AvgIpc) is 3.33. The normalized spacial score (nSPS) is 19.5. The summed E-state index contributed by atoms with van der Waals surface area (Å²) in [6.45, 7) is 9.33. The summed E-state index contributed by atoms with van der Waals surface area (Å²) in [5, 5.41) is 15.5. The summed E-state index contributed by atoms with van der Waals surface area (Å²) in [6.07, 6.45) is -0.301. The summed E-state index contributed by atoms with van der Waals surface area (Å²) >= 11 is 0. The summed E-state index contributed by atoms with van der Waals surface area (Å²) in [4.78, 5) is 30.0. The fourth-order valence-corrected chi connectivity index (χ4v) is 4.70. The van der Waals surface area contributed by atoms with Crippen LogP contribution in [0.1, 0.15) is 43.6 Å². The number of hydrogen-bond acceptors (Lipinski definition) is 7. The van der Waals surface area contributed by atoms with Crippen LogP contribution in [0, 0.1) is 5.92 Å². The number of carbonyl (C=O) groups excluding carboxylic acids is 2. The Balaban J connectivity index is 1.61. The lowest BCUT2D eigenvalue weighted by atomic mass is 9.99. The van der Waals surface area contributed by atoms with Gasteiger partial charge in [-0.2, -0.15) is 0 Å². The molecule has 2 aliphatic heterocycles. The minimum Gasteiger partial charge on any atom is -0.486 e. The Bertz CT molecular complexity index is 1160. The van der Waals surface area contributed by atoms with E-state index in [9.17, 15) is 14.7 Å². The Morgan fingerprint density at radius 3 is 2.68 bits per heavy atom. The summed E-state index contributed by atoms with van der Waals surface area (Å²) < 4.78 is 17.5. The molecule has 0 bridgehead atoms. The largest absolute Gasteiger partial charge is 0.486 e. The third-order valence-electron chi connectivity index (χ3n) is 6.74. The molecule has 206 valence electrons. The molecular weight excluding hydrogens is 488 g/mol. The molecule has 3 N–H and O–H groups in total. The lowest BCUT2D eigenvalue weighted by molar-refractivity contribution is 0.0343. The maximum atomic E-state index is 13.6. The van der Waals surface area contributed by atoms with E-state index < -0.39 is 0 Å². The molecule has 4 rings (SSSR count). The number of nitrogens with zero attached hydrogens (tertiary/aromatic N) is 2. The molecule has 0 fully saturated rings. The van der Waals surface area contributed by atoms with E-state index in [2.05, 4.69) is 15.5 Å². The highest BCUT2D eigenvalue weighted by molar-refractivity contribution is 6.01. The summed E-state index contributed by atoms with van der Waals surface area (Å²) in [5.41, 5.74) is 1.85. The van der Waals surface area contributed by atoms with Crippen LogP contribution >= 0.6 is 0 Å². The molecule has 0 saturated carbocycles. The maximum absolute atomic E-state index is 13.6. The van der Waals surface area contributed by atoms with Crippen LogP contribution in [-0.2, 0) is 6.54 Å². The quantitative estimate of drug-likeness (QED) is 0.484. The Morgan fingerprint density at radius 2 is 1.95 bits per heavy atom. The predicted octanol–water partition coefficient (Wildman–Crippen LogP) is 3.30. The lowest BCUT2D eigenvalue weighted by Gasteiger charge is -2.38. The zero-order chi connectivity index (χ0) is 27.4. The van der Waals surface area contributed by atoms with E-state index in [1.165, 1.54) is 0 Å². The lowest BCUT2D eigenvalue weighted by Crippen LogP contribution is -2.49. The number of aliphatic hydroxyl groups is 1.